The largest absolute Gasteiger partial charge is 0.490 e. The molecule has 1 amide bonds. The first kappa shape index (κ1) is 22.1. The Morgan fingerprint density at radius 3 is 2.57 bits per heavy atom. The van der Waals surface area contributed by atoms with Gasteiger partial charge in [0.15, 0.2) is 15.8 Å². The summed E-state index contributed by atoms with van der Waals surface area (Å²) in [5.41, 5.74) is 3.66. The summed E-state index contributed by atoms with van der Waals surface area (Å²) in [5, 5.41) is 0. The zero-order valence-electron chi connectivity index (χ0n) is 17.4. The van der Waals surface area contributed by atoms with Gasteiger partial charge < -0.3 is 9.47 Å². The van der Waals surface area contributed by atoms with Gasteiger partial charge in [0.25, 0.3) is 5.91 Å². The van der Waals surface area contributed by atoms with Crippen molar-refractivity contribution in [3.8, 4) is 11.5 Å². The Hall–Kier alpha value is -2.57. The molecule has 0 aromatic heterocycles. The topological polar surface area (TPSA) is 38.8 Å². The van der Waals surface area contributed by atoms with E-state index in [-0.39, 0.29) is 5.91 Å². The number of allylic oxidation sites excluding steroid dienone is 1. The van der Waals surface area contributed by atoms with Crippen LogP contribution in [0, 0.1) is 6.92 Å². The molecule has 1 aliphatic rings. The number of amides is 1. The molecule has 0 saturated carbocycles. The highest BCUT2D eigenvalue weighted by molar-refractivity contribution is 8.27. The third-order valence-corrected chi connectivity index (χ3v) is 5.86. The van der Waals surface area contributed by atoms with E-state index in [4.69, 9.17) is 21.7 Å². The number of hydrogen-bond donors (Lipinski definition) is 0. The van der Waals surface area contributed by atoms with Crippen LogP contribution in [0.1, 0.15) is 30.5 Å². The van der Waals surface area contributed by atoms with E-state index in [1.54, 1.807) is 4.90 Å². The number of ether oxygens (including phenoxy) is 2. The van der Waals surface area contributed by atoms with Gasteiger partial charge in [0.1, 0.15) is 0 Å². The molecular weight excluding hydrogens is 414 g/mol. The van der Waals surface area contributed by atoms with Gasteiger partial charge in [-0.15, -0.1) is 6.58 Å². The Balaban J connectivity index is 2.02. The van der Waals surface area contributed by atoms with Gasteiger partial charge in [-0.3, -0.25) is 9.69 Å². The number of hydrogen-bond acceptors (Lipinski definition) is 5. The van der Waals surface area contributed by atoms with Crippen molar-refractivity contribution >= 4 is 46.0 Å². The first-order valence-electron chi connectivity index (χ1n) is 9.87. The van der Waals surface area contributed by atoms with E-state index >= 15 is 0 Å². The number of para-hydroxylation sites is 1. The van der Waals surface area contributed by atoms with Gasteiger partial charge in [0, 0.05) is 5.56 Å². The van der Waals surface area contributed by atoms with E-state index in [0.29, 0.717) is 34.6 Å². The molecule has 2 aromatic rings. The molecule has 0 unspecified atom stereocenters. The molecule has 0 bridgehead atoms. The molecule has 3 rings (SSSR count). The first-order chi connectivity index (χ1) is 14.5. The Morgan fingerprint density at radius 1 is 1.17 bits per heavy atom. The zero-order valence-corrected chi connectivity index (χ0v) is 19.1. The summed E-state index contributed by atoms with van der Waals surface area (Å²) in [7, 11) is 0. The van der Waals surface area contributed by atoms with Crippen molar-refractivity contribution in [1.29, 1.82) is 0 Å². The van der Waals surface area contributed by atoms with Crippen LogP contribution in [-0.4, -0.2) is 23.4 Å². The second-order valence-electron chi connectivity index (χ2n) is 6.67. The smallest absolute Gasteiger partial charge is 0.270 e. The zero-order chi connectivity index (χ0) is 21.7. The van der Waals surface area contributed by atoms with Gasteiger partial charge in [-0.25, -0.2) is 0 Å². The Bertz CT molecular complexity index is 1010. The van der Waals surface area contributed by atoms with Crippen molar-refractivity contribution < 1.29 is 14.3 Å². The molecule has 1 heterocycles. The fourth-order valence-corrected chi connectivity index (χ4v) is 4.57. The number of carbonyl (C=O) groups is 1. The molecule has 0 aliphatic carbocycles. The molecule has 1 saturated heterocycles. The molecule has 0 atom stereocenters. The predicted molar refractivity (Wildman–Crippen MR) is 130 cm³/mol. The third-order valence-electron chi connectivity index (χ3n) is 4.55. The normalized spacial score (nSPS) is 15.0. The van der Waals surface area contributed by atoms with Gasteiger partial charge in [0.05, 0.1) is 23.8 Å². The van der Waals surface area contributed by atoms with Crippen LogP contribution in [0.5, 0.6) is 11.5 Å². The lowest BCUT2D eigenvalue weighted by Crippen LogP contribution is -2.28. The number of rotatable bonds is 8. The Morgan fingerprint density at radius 2 is 1.90 bits per heavy atom. The number of thioether (sulfide) groups is 1. The number of thiocarbonyl (C=S) groups is 1. The van der Waals surface area contributed by atoms with Crippen LogP contribution >= 0.6 is 24.0 Å². The number of aryl methyl sites for hydroxylation is 1. The summed E-state index contributed by atoms with van der Waals surface area (Å²) in [6.45, 7) is 10.8. The average Bonchev–Trinajstić information content (AvgIpc) is 2.98. The highest BCUT2D eigenvalue weighted by Gasteiger charge is 2.34. The van der Waals surface area contributed by atoms with Crippen molar-refractivity contribution in [2.45, 2.75) is 27.2 Å². The summed E-state index contributed by atoms with van der Waals surface area (Å²) in [5.74, 6) is 1.28. The lowest BCUT2D eigenvalue weighted by molar-refractivity contribution is -0.113. The maximum absolute atomic E-state index is 13.1. The predicted octanol–water partition coefficient (Wildman–Crippen LogP) is 5.93. The Kier molecular flexibility index (Phi) is 7.34. The van der Waals surface area contributed by atoms with E-state index in [0.717, 1.165) is 28.1 Å². The molecule has 1 aliphatic heterocycles. The summed E-state index contributed by atoms with van der Waals surface area (Å²) in [6, 6.07) is 11.7. The molecular formula is C24H25NO3S2. The van der Waals surface area contributed by atoms with E-state index in [1.165, 1.54) is 11.8 Å². The second-order valence-corrected chi connectivity index (χ2v) is 8.35. The first-order valence-corrected chi connectivity index (χ1v) is 11.1. The minimum atomic E-state index is -0.114. The van der Waals surface area contributed by atoms with Crippen LogP contribution < -0.4 is 14.4 Å². The van der Waals surface area contributed by atoms with E-state index in [1.807, 2.05) is 69.3 Å². The van der Waals surface area contributed by atoms with E-state index in [2.05, 4.69) is 6.58 Å². The third kappa shape index (κ3) is 4.60. The minimum absolute atomic E-state index is 0.114. The fourth-order valence-electron chi connectivity index (χ4n) is 3.29. The van der Waals surface area contributed by atoms with E-state index < -0.39 is 0 Å². The molecule has 0 spiro atoms. The quantitative estimate of drug-likeness (QED) is 0.290. The number of anilines is 1. The SMILES string of the molecule is C=CCc1cc(/C=C2/SC(=S)N(c3ccccc3C)C2=O)cc(OCC)c1OCC. The van der Waals surface area contributed by atoms with Crippen molar-refractivity contribution in [3.05, 3.63) is 70.6 Å². The van der Waals surface area contributed by atoms with Crippen LogP contribution in [-0.2, 0) is 11.2 Å². The second kappa shape index (κ2) is 9.96. The standard InChI is InChI=1S/C24H25NO3S2/c1-5-10-18-13-17(14-20(27-6-2)22(18)28-7-3)15-21-23(26)25(24(29)30-21)19-12-9-8-11-16(19)4/h5,8-9,11-15H,1,6-7,10H2,2-4H3/b21-15+. The summed E-state index contributed by atoms with van der Waals surface area (Å²) in [4.78, 5) is 15.3. The maximum Gasteiger partial charge on any atom is 0.270 e. The molecule has 30 heavy (non-hydrogen) atoms. The summed E-state index contributed by atoms with van der Waals surface area (Å²) >= 11 is 6.82. The van der Waals surface area contributed by atoms with Crippen LogP contribution in [0.25, 0.3) is 6.08 Å². The molecule has 4 nitrogen and oxygen atoms in total. The summed E-state index contributed by atoms with van der Waals surface area (Å²) in [6.07, 6.45) is 4.33. The highest BCUT2D eigenvalue weighted by atomic mass is 32.2. The van der Waals surface area contributed by atoms with E-state index in [9.17, 15) is 4.79 Å². The van der Waals surface area contributed by atoms with Crippen LogP contribution in [0.15, 0.2) is 54.0 Å². The van der Waals surface area contributed by atoms with Gasteiger partial charge in [-0.05, 0) is 62.6 Å². The lowest BCUT2D eigenvalue weighted by atomic mass is 10.0. The minimum Gasteiger partial charge on any atom is -0.490 e. The number of benzene rings is 2. The molecule has 156 valence electrons. The van der Waals surface area contributed by atoms with Crippen molar-refractivity contribution in [2.75, 3.05) is 18.1 Å². The molecule has 1 fully saturated rings. The van der Waals surface area contributed by atoms with Gasteiger partial charge >= 0.3 is 0 Å². The molecule has 6 heteroatoms. The Labute approximate surface area is 187 Å². The van der Waals surface area contributed by atoms with Crippen molar-refractivity contribution in [1.82, 2.24) is 0 Å². The lowest BCUT2D eigenvalue weighted by Gasteiger charge is -2.17. The van der Waals surface area contributed by atoms with Crippen LogP contribution in [0.4, 0.5) is 5.69 Å². The van der Waals surface area contributed by atoms with Crippen molar-refractivity contribution in [3.63, 3.8) is 0 Å². The number of nitrogens with zero attached hydrogens (tertiary/aromatic N) is 1. The van der Waals surface area contributed by atoms with Gasteiger partial charge in [0.2, 0.25) is 0 Å². The molecule has 0 radical (unpaired) electrons. The van der Waals surface area contributed by atoms with Crippen LogP contribution in [0.2, 0.25) is 0 Å². The fraction of sp³-hybridized carbons (Fsp3) is 0.250. The maximum atomic E-state index is 13.1. The van der Waals surface area contributed by atoms with Crippen molar-refractivity contribution in [2.24, 2.45) is 0 Å². The molecule has 0 N–H and O–H groups in total. The monoisotopic (exact) mass is 439 g/mol. The summed E-state index contributed by atoms with van der Waals surface area (Å²) < 4.78 is 12.2. The average molecular weight is 440 g/mol. The van der Waals surface area contributed by atoms with Crippen LogP contribution in [0.3, 0.4) is 0 Å². The van der Waals surface area contributed by atoms with Gasteiger partial charge in [-0.2, -0.15) is 0 Å². The highest BCUT2D eigenvalue weighted by Crippen LogP contribution is 2.39. The van der Waals surface area contributed by atoms with Gasteiger partial charge in [-0.1, -0.05) is 48.3 Å². The number of carbonyl (C=O) groups excluding carboxylic acids is 1. The molecule has 2 aromatic carbocycles.